The van der Waals surface area contributed by atoms with Gasteiger partial charge in [-0.1, -0.05) is 19.1 Å². The Kier molecular flexibility index (Phi) is 2.89. The van der Waals surface area contributed by atoms with Gasteiger partial charge in [0.05, 0.1) is 0 Å². The summed E-state index contributed by atoms with van der Waals surface area (Å²) in [6.45, 7) is 2.63. The van der Waals surface area contributed by atoms with Gasteiger partial charge in [-0.15, -0.1) is 12.3 Å². The first-order chi connectivity index (χ1) is 7.19. The van der Waals surface area contributed by atoms with Crippen LogP contribution in [0, 0.1) is 35.5 Å². The Labute approximate surface area is 92.6 Å². The van der Waals surface area contributed by atoms with E-state index in [9.17, 15) is 5.11 Å². The van der Waals surface area contributed by atoms with Crippen LogP contribution in [0.15, 0.2) is 12.2 Å². The van der Waals surface area contributed by atoms with E-state index in [4.69, 9.17) is 6.42 Å². The lowest BCUT2D eigenvalue weighted by Gasteiger charge is -2.47. The Bertz CT molecular complexity index is 299. The van der Waals surface area contributed by atoms with Gasteiger partial charge in [-0.05, 0) is 42.9 Å². The third kappa shape index (κ3) is 1.84. The van der Waals surface area contributed by atoms with E-state index >= 15 is 0 Å². The summed E-state index contributed by atoms with van der Waals surface area (Å²) in [5, 5.41) is 9.42. The Hall–Kier alpha value is -0.740. The summed E-state index contributed by atoms with van der Waals surface area (Å²) in [6.07, 6.45) is 14.6. The average molecular weight is 204 g/mol. The van der Waals surface area contributed by atoms with Crippen molar-refractivity contribution in [1.82, 2.24) is 0 Å². The van der Waals surface area contributed by atoms with Gasteiger partial charge < -0.3 is 5.11 Å². The fraction of sp³-hybridized carbons (Fsp3) is 0.714. The molecule has 1 heteroatoms. The normalized spacial score (nSPS) is 44.5. The van der Waals surface area contributed by atoms with Gasteiger partial charge in [-0.3, -0.25) is 0 Å². The minimum absolute atomic E-state index is 0.291. The van der Waals surface area contributed by atoms with Crippen LogP contribution in [0.3, 0.4) is 0 Å². The van der Waals surface area contributed by atoms with Crippen molar-refractivity contribution in [1.29, 1.82) is 0 Å². The number of aliphatic hydroxyl groups excluding tert-OH is 1. The summed E-state index contributed by atoms with van der Waals surface area (Å²) in [6, 6.07) is 0. The van der Waals surface area contributed by atoms with Crippen molar-refractivity contribution in [3.63, 3.8) is 0 Å². The van der Waals surface area contributed by atoms with Gasteiger partial charge in [0.15, 0.2) is 0 Å². The molecule has 0 aromatic carbocycles. The monoisotopic (exact) mass is 204 g/mol. The van der Waals surface area contributed by atoms with Crippen molar-refractivity contribution < 1.29 is 5.11 Å². The van der Waals surface area contributed by atoms with E-state index in [0.717, 1.165) is 19.3 Å². The van der Waals surface area contributed by atoms with Crippen molar-refractivity contribution in [2.75, 3.05) is 6.61 Å². The molecule has 0 heterocycles. The highest BCUT2D eigenvalue weighted by molar-refractivity contribution is 5.12. The lowest BCUT2D eigenvalue weighted by molar-refractivity contribution is 0.0471. The van der Waals surface area contributed by atoms with Crippen LogP contribution in [0.2, 0.25) is 0 Å². The van der Waals surface area contributed by atoms with Gasteiger partial charge in [0.1, 0.15) is 0 Å². The highest BCUT2D eigenvalue weighted by Gasteiger charge is 2.42. The van der Waals surface area contributed by atoms with Crippen LogP contribution in [0.25, 0.3) is 0 Å². The van der Waals surface area contributed by atoms with Gasteiger partial charge in [0, 0.05) is 12.5 Å². The number of allylic oxidation sites excluding steroid dienone is 2. The molecule has 0 radical (unpaired) electrons. The van der Waals surface area contributed by atoms with Crippen LogP contribution >= 0.6 is 0 Å². The zero-order chi connectivity index (χ0) is 10.9. The van der Waals surface area contributed by atoms with Crippen molar-refractivity contribution in [2.24, 2.45) is 23.2 Å². The zero-order valence-electron chi connectivity index (χ0n) is 9.45. The molecule has 0 amide bonds. The standard InChI is InChI=1S/C14H20O/c1-3-11-6-8-14(2)7-4-5-12(10-15)13(14)9-11/h1,4,7,11-13,15H,5-6,8-10H2,2H3/t11-,12-,13-,14-/m0/s1. The van der Waals surface area contributed by atoms with Gasteiger partial charge >= 0.3 is 0 Å². The average Bonchev–Trinajstić information content (AvgIpc) is 2.27. The Morgan fingerprint density at radius 3 is 3.07 bits per heavy atom. The molecule has 1 saturated carbocycles. The minimum Gasteiger partial charge on any atom is -0.396 e. The number of fused-ring (bicyclic) bond motifs is 1. The van der Waals surface area contributed by atoms with Crippen LogP contribution in [-0.2, 0) is 0 Å². The third-order valence-corrected chi connectivity index (χ3v) is 4.39. The molecule has 2 rings (SSSR count). The van der Waals surface area contributed by atoms with Crippen LogP contribution < -0.4 is 0 Å². The molecule has 82 valence electrons. The number of rotatable bonds is 1. The molecule has 0 aliphatic heterocycles. The fourth-order valence-electron chi connectivity index (χ4n) is 3.33. The molecule has 0 aromatic rings. The van der Waals surface area contributed by atoms with Crippen molar-refractivity contribution in [3.05, 3.63) is 12.2 Å². The largest absolute Gasteiger partial charge is 0.396 e. The molecule has 1 nitrogen and oxygen atoms in total. The van der Waals surface area contributed by atoms with E-state index < -0.39 is 0 Å². The predicted molar refractivity (Wildman–Crippen MR) is 62.1 cm³/mol. The van der Waals surface area contributed by atoms with E-state index in [0.29, 0.717) is 29.8 Å². The summed E-state index contributed by atoms with van der Waals surface area (Å²) in [7, 11) is 0. The highest BCUT2D eigenvalue weighted by Crippen LogP contribution is 2.50. The summed E-state index contributed by atoms with van der Waals surface area (Å²) in [5.41, 5.74) is 0.291. The smallest absolute Gasteiger partial charge is 0.0465 e. The lowest BCUT2D eigenvalue weighted by Crippen LogP contribution is -2.40. The molecule has 0 bridgehead atoms. The molecule has 0 saturated heterocycles. The van der Waals surface area contributed by atoms with Crippen LogP contribution in [-0.4, -0.2) is 11.7 Å². The maximum Gasteiger partial charge on any atom is 0.0465 e. The minimum atomic E-state index is 0.291. The molecule has 1 fully saturated rings. The Balaban J connectivity index is 2.20. The molecular weight excluding hydrogens is 184 g/mol. The summed E-state index contributed by atoms with van der Waals surface area (Å²) in [5.74, 6) is 4.34. The van der Waals surface area contributed by atoms with Gasteiger partial charge in [0.25, 0.3) is 0 Å². The molecule has 0 aromatic heterocycles. The molecule has 2 aliphatic carbocycles. The van der Waals surface area contributed by atoms with E-state index in [2.05, 4.69) is 25.0 Å². The highest BCUT2D eigenvalue weighted by atomic mass is 16.3. The second kappa shape index (κ2) is 4.02. The SMILES string of the molecule is C#C[C@H]1CC[C@]2(C)C=CC[C@@H](CO)[C@@H]2C1. The van der Waals surface area contributed by atoms with E-state index in [1.165, 1.54) is 6.42 Å². The number of hydrogen-bond acceptors (Lipinski definition) is 1. The Morgan fingerprint density at radius 1 is 1.60 bits per heavy atom. The van der Waals surface area contributed by atoms with Crippen molar-refractivity contribution in [3.8, 4) is 12.3 Å². The first-order valence-corrected chi connectivity index (χ1v) is 5.94. The molecule has 2 aliphatic rings. The van der Waals surface area contributed by atoms with Gasteiger partial charge in [0.2, 0.25) is 0 Å². The molecule has 1 N–H and O–H groups in total. The number of aliphatic hydroxyl groups is 1. The fourth-order valence-corrected chi connectivity index (χ4v) is 3.33. The molecule has 0 spiro atoms. The zero-order valence-corrected chi connectivity index (χ0v) is 9.45. The summed E-state index contributed by atoms with van der Waals surface area (Å²) < 4.78 is 0. The van der Waals surface area contributed by atoms with Crippen molar-refractivity contribution in [2.45, 2.75) is 32.6 Å². The third-order valence-electron chi connectivity index (χ3n) is 4.39. The summed E-state index contributed by atoms with van der Waals surface area (Å²) in [4.78, 5) is 0. The van der Waals surface area contributed by atoms with Crippen molar-refractivity contribution >= 4 is 0 Å². The van der Waals surface area contributed by atoms with Gasteiger partial charge in [-0.2, -0.15) is 0 Å². The second-order valence-electron chi connectivity index (χ2n) is 5.33. The summed E-state index contributed by atoms with van der Waals surface area (Å²) >= 11 is 0. The Morgan fingerprint density at radius 2 is 2.40 bits per heavy atom. The molecular formula is C14H20O. The van der Waals surface area contributed by atoms with E-state index in [1.54, 1.807) is 0 Å². The maximum atomic E-state index is 9.42. The quantitative estimate of drug-likeness (QED) is 0.514. The number of terminal acetylenes is 1. The first kappa shape index (κ1) is 10.8. The van der Waals surface area contributed by atoms with Crippen LogP contribution in [0.4, 0.5) is 0 Å². The van der Waals surface area contributed by atoms with Crippen LogP contribution in [0.5, 0.6) is 0 Å². The van der Waals surface area contributed by atoms with Crippen LogP contribution in [0.1, 0.15) is 32.6 Å². The topological polar surface area (TPSA) is 20.2 Å². The molecule has 0 unspecified atom stereocenters. The maximum absolute atomic E-state index is 9.42. The predicted octanol–water partition coefficient (Wildman–Crippen LogP) is 2.61. The lowest BCUT2D eigenvalue weighted by atomic mass is 9.57. The second-order valence-corrected chi connectivity index (χ2v) is 5.33. The van der Waals surface area contributed by atoms with E-state index in [1.807, 2.05) is 0 Å². The molecule has 15 heavy (non-hydrogen) atoms. The number of hydrogen-bond donors (Lipinski definition) is 1. The first-order valence-electron chi connectivity index (χ1n) is 5.94. The molecule has 4 atom stereocenters. The van der Waals surface area contributed by atoms with Gasteiger partial charge in [-0.25, -0.2) is 0 Å². The van der Waals surface area contributed by atoms with E-state index in [-0.39, 0.29) is 0 Å².